The Morgan fingerprint density at radius 3 is 1.46 bits per heavy atom. The Bertz CT molecular complexity index is 3160. The van der Waals surface area contributed by atoms with Crippen molar-refractivity contribution < 1.29 is 0 Å². The van der Waals surface area contributed by atoms with Gasteiger partial charge in [0.05, 0.1) is 5.69 Å². The van der Waals surface area contributed by atoms with Crippen LogP contribution in [-0.4, -0.2) is 0 Å². The zero-order chi connectivity index (χ0) is 39.3. The van der Waals surface area contributed by atoms with Crippen molar-refractivity contribution in [2.24, 2.45) is 0 Å². The molecule has 1 unspecified atom stereocenters. The minimum Gasteiger partial charge on any atom is -0.310 e. The summed E-state index contributed by atoms with van der Waals surface area (Å²) in [6.45, 7) is 2.39. The molecule has 1 heteroatoms. The van der Waals surface area contributed by atoms with Crippen molar-refractivity contribution in [1.82, 2.24) is 0 Å². The topological polar surface area (TPSA) is 3.24 Å². The molecule has 0 aliphatic heterocycles. The van der Waals surface area contributed by atoms with E-state index in [1.54, 1.807) is 0 Å². The van der Waals surface area contributed by atoms with Gasteiger partial charge >= 0.3 is 0 Å². The number of benzene rings is 10. The molecule has 0 fully saturated rings. The Labute approximate surface area is 346 Å². The summed E-state index contributed by atoms with van der Waals surface area (Å²) in [6.07, 6.45) is 0. The van der Waals surface area contributed by atoms with Crippen LogP contribution in [-0.2, 0) is 5.41 Å². The summed E-state index contributed by atoms with van der Waals surface area (Å²) >= 11 is 0. The third-order valence-corrected chi connectivity index (χ3v) is 12.5. The third-order valence-electron chi connectivity index (χ3n) is 12.5. The lowest BCUT2D eigenvalue weighted by molar-refractivity contribution is 0.714. The number of hydrogen-bond donors (Lipinski definition) is 0. The number of hydrogen-bond acceptors (Lipinski definition) is 1. The van der Waals surface area contributed by atoms with Gasteiger partial charge in [-0.2, -0.15) is 0 Å². The van der Waals surface area contributed by atoms with E-state index in [0.29, 0.717) is 0 Å². The minimum atomic E-state index is -0.302. The maximum atomic E-state index is 2.46. The summed E-state index contributed by atoms with van der Waals surface area (Å²) < 4.78 is 0. The molecule has 0 spiro atoms. The van der Waals surface area contributed by atoms with Crippen molar-refractivity contribution in [1.29, 1.82) is 0 Å². The zero-order valence-corrected chi connectivity index (χ0v) is 32.9. The summed E-state index contributed by atoms with van der Waals surface area (Å²) in [5.41, 5.74) is 16.8. The van der Waals surface area contributed by atoms with Gasteiger partial charge in [-0.25, -0.2) is 0 Å². The van der Waals surface area contributed by atoms with Gasteiger partial charge in [0.15, 0.2) is 0 Å². The zero-order valence-electron chi connectivity index (χ0n) is 32.9. The SMILES string of the molecule is CC1(c2ccccc2)c2ccccc2-c2c(N(c3ccc(-c4ccc5ccccc5c4)cc3)c3cccc(-c4ccc(-c5ccc6ccccc6c5)cc4)c3)cccc21. The smallest absolute Gasteiger partial charge is 0.0543 e. The van der Waals surface area contributed by atoms with Crippen LogP contribution in [0.1, 0.15) is 23.6 Å². The van der Waals surface area contributed by atoms with Gasteiger partial charge in [-0.3, -0.25) is 0 Å². The first kappa shape index (κ1) is 34.7. The molecule has 278 valence electrons. The van der Waals surface area contributed by atoms with E-state index in [-0.39, 0.29) is 5.41 Å². The lowest BCUT2D eigenvalue weighted by Gasteiger charge is -2.31. The third kappa shape index (κ3) is 5.94. The van der Waals surface area contributed by atoms with Crippen LogP contribution in [0.4, 0.5) is 17.1 Å². The Morgan fingerprint density at radius 1 is 0.322 bits per heavy atom. The van der Waals surface area contributed by atoms with Gasteiger partial charge in [0.1, 0.15) is 0 Å². The lowest BCUT2D eigenvalue weighted by Crippen LogP contribution is -2.22. The Kier molecular flexibility index (Phi) is 8.34. The fraction of sp³-hybridized carbons (Fsp3) is 0.0345. The predicted octanol–water partition coefficient (Wildman–Crippen LogP) is 15.8. The fourth-order valence-electron chi connectivity index (χ4n) is 9.44. The average molecular weight is 752 g/mol. The Hall–Kier alpha value is -7.48. The van der Waals surface area contributed by atoms with Crippen LogP contribution in [0.2, 0.25) is 0 Å². The number of nitrogens with zero attached hydrogens (tertiary/aromatic N) is 1. The van der Waals surface area contributed by atoms with E-state index in [9.17, 15) is 0 Å². The molecule has 10 aromatic carbocycles. The summed E-state index contributed by atoms with van der Waals surface area (Å²) in [5.74, 6) is 0. The molecule has 1 aliphatic carbocycles. The summed E-state index contributed by atoms with van der Waals surface area (Å²) in [6, 6.07) is 84.6. The molecule has 0 amide bonds. The van der Waals surface area contributed by atoms with Crippen LogP contribution in [0.15, 0.2) is 231 Å². The predicted molar refractivity (Wildman–Crippen MR) is 250 cm³/mol. The van der Waals surface area contributed by atoms with Crippen molar-refractivity contribution in [2.75, 3.05) is 4.90 Å². The second-order valence-corrected chi connectivity index (χ2v) is 15.9. The van der Waals surface area contributed by atoms with E-state index in [4.69, 9.17) is 0 Å². The second-order valence-electron chi connectivity index (χ2n) is 15.9. The van der Waals surface area contributed by atoms with E-state index >= 15 is 0 Å². The van der Waals surface area contributed by atoms with Gasteiger partial charge in [0.2, 0.25) is 0 Å². The van der Waals surface area contributed by atoms with Crippen molar-refractivity contribution >= 4 is 38.6 Å². The molecule has 1 aliphatic rings. The fourth-order valence-corrected chi connectivity index (χ4v) is 9.44. The molecule has 1 nitrogen and oxygen atoms in total. The van der Waals surface area contributed by atoms with E-state index < -0.39 is 0 Å². The molecule has 0 aromatic heterocycles. The normalized spacial score (nSPS) is 14.3. The van der Waals surface area contributed by atoms with E-state index in [1.807, 2.05) is 0 Å². The first-order chi connectivity index (χ1) is 29.1. The second kappa shape index (κ2) is 14.2. The molecule has 0 saturated heterocycles. The van der Waals surface area contributed by atoms with Gasteiger partial charge in [-0.15, -0.1) is 0 Å². The first-order valence-corrected chi connectivity index (χ1v) is 20.5. The van der Waals surface area contributed by atoms with E-state index in [0.717, 1.165) is 17.1 Å². The van der Waals surface area contributed by atoms with Gasteiger partial charge in [-0.05, 0) is 127 Å². The summed E-state index contributed by atoms with van der Waals surface area (Å²) in [7, 11) is 0. The van der Waals surface area contributed by atoms with Crippen LogP contribution in [0, 0.1) is 0 Å². The van der Waals surface area contributed by atoms with Crippen molar-refractivity contribution in [3.05, 3.63) is 247 Å². The number of rotatable bonds is 7. The van der Waals surface area contributed by atoms with Gasteiger partial charge in [0.25, 0.3) is 0 Å². The number of fused-ring (bicyclic) bond motifs is 5. The maximum absolute atomic E-state index is 2.46. The molecule has 0 saturated carbocycles. The van der Waals surface area contributed by atoms with Crippen LogP contribution in [0.5, 0.6) is 0 Å². The highest BCUT2D eigenvalue weighted by molar-refractivity contribution is 5.97. The monoisotopic (exact) mass is 751 g/mol. The van der Waals surface area contributed by atoms with Gasteiger partial charge < -0.3 is 4.90 Å². The Morgan fingerprint density at radius 2 is 0.814 bits per heavy atom. The van der Waals surface area contributed by atoms with Crippen LogP contribution >= 0.6 is 0 Å². The van der Waals surface area contributed by atoms with Gasteiger partial charge in [0, 0.05) is 22.4 Å². The summed E-state index contributed by atoms with van der Waals surface area (Å²) in [5, 5.41) is 5.02. The standard InChI is InChI=1S/C58H41N/c1-58(50-18-3-2-4-19-50)54-22-10-9-21-53(54)57-55(58)23-12-24-56(57)59(51-35-33-44(34-36-51)49-32-30-41-14-6-8-16-46(41)38-49)52-20-11-17-47(39-52)42-25-27-43(28-26-42)48-31-29-40-13-5-7-15-45(40)37-48/h2-39H,1H3. The highest BCUT2D eigenvalue weighted by atomic mass is 15.1. The molecule has 0 radical (unpaired) electrons. The van der Waals surface area contributed by atoms with Crippen molar-refractivity contribution in [3.8, 4) is 44.5 Å². The highest BCUT2D eigenvalue weighted by Crippen LogP contribution is 2.56. The number of anilines is 3. The molecule has 11 rings (SSSR count). The quantitative estimate of drug-likeness (QED) is 0.157. The largest absolute Gasteiger partial charge is 0.310 e. The molecule has 10 aromatic rings. The van der Waals surface area contributed by atoms with Crippen molar-refractivity contribution in [3.63, 3.8) is 0 Å². The van der Waals surface area contributed by atoms with E-state index in [2.05, 4.69) is 242 Å². The average Bonchev–Trinajstić information content (AvgIpc) is 3.58. The molecular weight excluding hydrogens is 711 g/mol. The molecule has 59 heavy (non-hydrogen) atoms. The molecule has 0 bridgehead atoms. The first-order valence-electron chi connectivity index (χ1n) is 20.5. The van der Waals surface area contributed by atoms with Gasteiger partial charge in [-0.1, -0.05) is 188 Å². The van der Waals surface area contributed by atoms with Crippen LogP contribution in [0.3, 0.4) is 0 Å². The molecular formula is C58H41N. The van der Waals surface area contributed by atoms with Crippen molar-refractivity contribution in [2.45, 2.75) is 12.3 Å². The van der Waals surface area contributed by atoms with Crippen LogP contribution in [0.25, 0.3) is 66.1 Å². The highest BCUT2D eigenvalue weighted by Gasteiger charge is 2.42. The minimum absolute atomic E-state index is 0.302. The molecule has 0 heterocycles. The van der Waals surface area contributed by atoms with E-state index in [1.165, 1.54) is 82.7 Å². The molecule has 1 atom stereocenters. The lowest BCUT2D eigenvalue weighted by atomic mass is 9.74. The van der Waals surface area contributed by atoms with Crippen LogP contribution < -0.4 is 4.90 Å². The summed E-state index contributed by atoms with van der Waals surface area (Å²) in [4.78, 5) is 2.46. The molecule has 0 N–H and O–H groups in total. The maximum Gasteiger partial charge on any atom is 0.0543 e. The Balaban J connectivity index is 1.05.